The number of nitrogens with one attached hydrogen (secondary N) is 2. The monoisotopic (exact) mass is 324 g/mol. The number of halogens is 2. The predicted molar refractivity (Wildman–Crippen MR) is 76.3 cm³/mol. The van der Waals surface area contributed by atoms with E-state index < -0.39 is 15.9 Å². The Kier molecular flexibility index (Phi) is 6.06. The third-order valence-corrected chi connectivity index (χ3v) is 4.25. The van der Waals surface area contributed by atoms with E-state index in [0.29, 0.717) is 5.02 Å². The molecule has 0 radical (unpaired) electrons. The Bertz CT molecular complexity index is 561. The van der Waals surface area contributed by atoms with Crippen molar-refractivity contribution < 1.29 is 13.2 Å². The lowest BCUT2D eigenvalue weighted by Crippen LogP contribution is -2.35. The smallest absolute Gasteiger partial charge is 0.252 e. The van der Waals surface area contributed by atoms with Crippen LogP contribution < -0.4 is 10.0 Å². The molecule has 0 saturated heterocycles. The van der Waals surface area contributed by atoms with Crippen molar-refractivity contribution in [1.29, 1.82) is 0 Å². The molecule has 8 heteroatoms. The molecular formula is C11H14Cl2N2O3S. The van der Waals surface area contributed by atoms with Crippen LogP contribution in [0.15, 0.2) is 18.2 Å². The molecule has 0 aliphatic carbocycles. The molecule has 0 aromatic heterocycles. The van der Waals surface area contributed by atoms with Crippen LogP contribution in [0, 0.1) is 0 Å². The fraction of sp³-hybridized carbons (Fsp3) is 0.364. The highest BCUT2D eigenvalue weighted by Crippen LogP contribution is 2.20. The van der Waals surface area contributed by atoms with Gasteiger partial charge >= 0.3 is 0 Å². The zero-order valence-corrected chi connectivity index (χ0v) is 12.6. The maximum Gasteiger partial charge on any atom is 0.252 e. The Morgan fingerprint density at radius 3 is 2.58 bits per heavy atom. The maximum atomic E-state index is 11.8. The minimum absolute atomic E-state index is 0.00106. The average Bonchev–Trinajstić information content (AvgIpc) is 2.37. The Morgan fingerprint density at radius 2 is 1.95 bits per heavy atom. The van der Waals surface area contributed by atoms with Gasteiger partial charge in [-0.2, -0.15) is 0 Å². The first kappa shape index (κ1) is 16.2. The van der Waals surface area contributed by atoms with Gasteiger partial charge in [0, 0.05) is 18.1 Å². The fourth-order valence-electron chi connectivity index (χ4n) is 1.25. The first-order valence-electron chi connectivity index (χ1n) is 5.56. The van der Waals surface area contributed by atoms with E-state index in [2.05, 4.69) is 10.0 Å². The lowest BCUT2D eigenvalue weighted by atomic mass is 10.2. The van der Waals surface area contributed by atoms with Crippen LogP contribution in [-0.4, -0.2) is 33.2 Å². The first-order chi connectivity index (χ1) is 8.85. The Balaban J connectivity index is 2.50. The number of amides is 1. The molecule has 0 aliphatic rings. The highest BCUT2D eigenvalue weighted by Gasteiger charge is 2.11. The molecular weight excluding hydrogens is 311 g/mol. The van der Waals surface area contributed by atoms with E-state index in [-0.39, 0.29) is 29.4 Å². The fourth-order valence-corrected chi connectivity index (χ4v) is 2.24. The lowest BCUT2D eigenvalue weighted by Gasteiger charge is -2.08. The molecule has 0 spiro atoms. The van der Waals surface area contributed by atoms with Crippen molar-refractivity contribution in [2.75, 3.05) is 18.8 Å². The molecule has 0 aliphatic heterocycles. The van der Waals surface area contributed by atoms with Gasteiger partial charge in [-0.3, -0.25) is 4.79 Å². The van der Waals surface area contributed by atoms with Gasteiger partial charge in [0.2, 0.25) is 10.0 Å². The summed E-state index contributed by atoms with van der Waals surface area (Å²) in [5, 5.41) is 3.25. The Hall–Kier alpha value is -0.820. The summed E-state index contributed by atoms with van der Waals surface area (Å²) in [5.74, 6) is -0.399. The summed E-state index contributed by atoms with van der Waals surface area (Å²) < 4.78 is 24.6. The summed E-state index contributed by atoms with van der Waals surface area (Å²) in [5.41, 5.74) is 0.257. The normalized spacial score (nSPS) is 11.3. The highest BCUT2D eigenvalue weighted by atomic mass is 35.5. The van der Waals surface area contributed by atoms with Gasteiger partial charge in [-0.05, 0) is 25.1 Å². The van der Waals surface area contributed by atoms with Gasteiger partial charge < -0.3 is 5.32 Å². The summed E-state index contributed by atoms with van der Waals surface area (Å²) in [6.07, 6.45) is 0. The molecule has 106 valence electrons. The molecule has 0 saturated carbocycles. The van der Waals surface area contributed by atoms with Crippen molar-refractivity contribution >= 4 is 39.1 Å². The van der Waals surface area contributed by atoms with Gasteiger partial charge in [-0.25, -0.2) is 13.1 Å². The number of hydrogen-bond acceptors (Lipinski definition) is 3. The standard InChI is InChI=1S/C11H14Cl2N2O3S/c1-2-19(17,18)15-6-5-14-11(16)9-7-8(12)3-4-10(9)13/h3-4,7,15H,2,5-6H2,1H3,(H,14,16). The van der Waals surface area contributed by atoms with Crippen LogP contribution in [0.4, 0.5) is 0 Å². The van der Waals surface area contributed by atoms with E-state index in [1.807, 2.05) is 0 Å². The summed E-state index contributed by atoms with van der Waals surface area (Å²) in [7, 11) is -3.25. The van der Waals surface area contributed by atoms with Crippen molar-refractivity contribution in [3.8, 4) is 0 Å². The molecule has 0 unspecified atom stereocenters. The molecule has 1 rings (SSSR count). The van der Waals surface area contributed by atoms with Gasteiger partial charge in [-0.15, -0.1) is 0 Å². The molecule has 0 bridgehead atoms. The van der Waals surface area contributed by atoms with Crippen LogP contribution in [0.25, 0.3) is 0 Å². The third-order valence-electron chi connectivity index (χ3n) is 2.29. The molecule has 0 heterocycles. The van der Waals surface area contributed by atoms with E-state index >= 15 is 0 Å². The first-order valence-corrected chi connectivity index (χ1v) is 7.97. The zero-order valence-electron chi connectivity index (χ0n) is 10.2. The van der Waals surface area contributed by atoms with E-state index in [4.69, 9.17) is 23.2 Å². The second-order valence-corrected chi connectivity index (χ2v) is 6.62. The summed E-state index contributed by atoms with van der Waals surface area (Å²) in [4.78, 5) is 11.8. The summed E-state index contributed by atoms with van der Waals surface area (Å²) >= 11 is 11.6. The topological polar surface area (TPSA) is 75.3 Å². The number of benzene rings is 1. The second kappa shape index (κ2) is 7.09. The molecule has 1 amide bonds. The Labute approximate surface area is 122 Å². The molecule has 5 nitrogen and oxygen atoms in total. The summed E-state index contributed by atoms with van der Waals surface area (Å²) in [6, 6.07) is 4.56. The second-order valence-electron chi connectivity index (χ2n) is 3.68. The number of sulfonamides is 1. The van der Waals surface area contributed by atoms with Crippen LogP contribution in [-0.2, 0) is 10.0 Å². The molecule has 1 aromatic carbocycles. The van der Waals surface area contributed by atoms with Gasteiger partial charge in [0.15, 0.2) is 0 Å². The highest BCUT2D eigenvalue weighted by molar-refractivity contribution is 7.89. The largest absolute Gasteiger partial charge is 0.351 e. The van der Waals surface area contributed by atoms with Crippen molar-refractivity contribution in [3.63, 3.8) is 0 Å². The minimum Gasteiger partial charge on any atom is -0.351 e. The number of carbonyl (C=O) groups is 1. The Morgan fingerprint density at radius 1 is 1.26 bits per heavy atom. The van der Waals surface area contributed by atoms with Gasteiger partial charge in [0.05, 0.1) is 16.3 Å². The van der Waals surface area contributed by atoms with E-state index in [9.17, 15) is 13.2 Å². The molecule has 2 N–H and O–H groups in total. The van der Waals surface area contributed by atoms with Crippen LogP contribution in [0.2, 0.25) is 10.0 Å². The molecule has 0 fully saturated rings. The van der Waals surface area contributed by atoms with E-state index in [1.54, 1.807) is 6.07 Å². The maximum absolute atomic E-state index is 11.8. The third kappa shape index (κ3) is 5.36. The average molecular weight is 325 g/mol. The van der Waals surface area contributed by atoms with Crippen LogP contribution in [0.1, 0.15) is 17.3 Å². The van der Waals surface area contributed by atoms with Gasteiger partial charge in [-0.1, -0.05) is 23.2 Å². The van der Waals surface area contributed by atoms with Gasteiger partial charge in [0.25, 0.3) is 5.91 Å². The van der Waals surface area contributed by atoms with Crippen LogP contribution in [0.5, 0.6) is 0 Å². The number of carbonyl (C=O) groups excluding carboxylic acids is 1. The van der Waals surface area contributed by atoms with E-state index in [0.717, 1.165) is 0 Å². The van der Waals surface area contributed by atoms with Crippen molar-refractivity contribution in [2.45, 2.75) is 6.92 Å². The number of hydrogen-bond donors (Lipinski definition) is 2. The number of rotatable bonds is 6. The zero-order chi connectivity index (χ0) is 14.5. The van der Waals surface area contributed by atoms with Crippen molar-refractivity contribution in [2.24, 2.45) is 0 Å². The minimum atomic E-state index is -3.25. The predicted octanol–water partition coefficient (Wildman–Crippen LogP) is 1.66. The van der Waals surface area contributed by atoms with Crippen LogP contribution >= 0.6 is 23.2 Å². The summed E-state index contributed by atoms with van der Waals surface area (Å²) in [6.45, 7) is 1.83. The van der Waals surface area contributed by atoms with Gasteiger partial charge in [0.1, 0.15) is 0 Å². The molecule has 19 heavy (non-hydrogen) atoms. The quantitative estimate of drug-likeness (QED) is 0.781. The van der Waals surface area contributed by atoms with Crippen LogP contribution in [0.3, 0.4) is 0 Å². The van der Waals surface area contributed by atoms with Crippen molar-refractivity contribution in [1.82, 2.24) is 10.0 Å². The lowest BCUT2D eigenvalue weighted by molar-refractivity contribution is 0.0954. The SMILES string of the molecule is CCS(=O)(=O)NCCNC(=O)c1cc(Cl)ccc1Cl. The molecule has 0 atom stereocenters. The van der Waals surface area contributed by atoms with Crippen molar-refractivity contribution in [3.05, 3.63) is 33.8 Å². The molecule has 1 aromatic rings. The van der Waals surface area contributed by atoms with E-state index in [1.165, 1.54) is 19.1 Å².